The molecule has 1 amide bonds. The fourth-order valence-electron chi connectivity index (χ4n) is 5.16. The molecule has 12 heteroatoms. The molecule has 2 aliphatic rings. The van der Waals surface area contributed by atoms with Gasteiger partial charge < -0.3 is 35.5 Å². The number of ether oxygens (including phenoxy) is 1. The number of aliphatic hydroxyl groups excluding tert-OH is 2. The summed E-state index contributed by atoms with van der Waals surface area (Å²) in [4.78, 5) is 31.0. The minimum Gasteiger partial charge on any atom is -0.396 e. The molecule has 0 aliphatic heterocycles. The maximum atomic E-state index is 13.3. The summed E-state index contributed by atoms with van der Waals surface area (Å²) in [7, 11) is 1.74. The Kier molecular flexibility index (Phi) is 7.91. The van der Waals surface area contributed by atoms with Crippen LogP contribution in [0.1, 0.15) is 61.3 Å². The van der Waals surface area contributed by atoms with Crippen molar-refractivity contribution in [2.24, 2.45) is 0 Å². The number of aliphatic hydroxyl groups is 2. The summed E-state index contributed by atoms with van der Waals surface area (Å²) in [5.41, 5.74) is 0.763. The van der Waals surface area contributed by atoms with Gasteiger partial charge >= 0.3 is 0 Å². The van der Waals surface area contributed by atoms with Crippen LogP contribution in [0, 0.1) is 0 Å². The Labute approximate surface area is 220 Å². The molecular formula is C26H35N7O5. The fourth-order valence-corrected chi connectivity index (χ4v) is 5.16. The van der Waals surface area contributed by atoms with Crippen LogP contribution in [-0.4, -0.2) is 73.8 Å². The SMILES string of the molecule is CNc1cc(Nc2cccn([C@H]3CC[C@H]3O)c2=O)nc2c(C(=O)N[C@@H]3CCC[C@@H](OCCCO)C3)cnn12. The average Bonchev–Trinajstić information content (AvgIpc) is 3.34. The highest BCUT2D eigenvalue weighted by atomic mass is 16.5. The van der Waals surface area contributed by atoms with Crippen LogP contribution >= 0.6 is 0 Å². The first-order valence-corrected chi connectivity index (χ1v) is 13.2. The van der Waals surface area contributed by atoms with Gasteiger partial charge in [-0.1, -0.05) is 0 Å². The number of carbonyl (C=O) groups excluding carboxylic acids is 1. The van der Waals surface area contributed by atoms with E-state index in [2.05, 4.69) is 26.0 Å². The highest BCUT2D eigenvalue weighted by Crippen LogP contribution is 2.31. The van der Waals surface area contributed by atoms with E-state index >= 15 is 0 Å². The van der Waals surface area contributed by atoms with E-state index in [4.69, 9.17) is 9.84 Å². The molecule has 2 aliphatic carbocycles. The Bertz CT molecular complexity index is 1340. The first-order valence-electron chi connectivity index (χ1n) is 13.2. The zero-order chi connectivity index (χ0) is 26.6. The van der Waals surface area contributed by atoms with Crippen LogP contribution in [-0.2, 0) is 4.74 Å². The Balaban J connectivity index is 1.35. The van der Waals surface area contributed by atoms with Crippen LogP contribution in [0.2, 0.25) is 0 Å². The van der Waals surface area contributed by atoms with Crippen LogP contribution in [0.5, 0.6) is 0 Å². The lowest BCUT2D eigenvalue weighted by Crippen LogP contribution is -2.40. The molecule has 3 heterocycles. The fraction of sp³-hybridized carbons (Fsp3) is 0.538. The van der Waals surface area contributed by atoms with Gasteiger partial charge in [-0.15, -0.1) is 0 Å². The number of anilines is 3. The van der Waals surface area contributed by atoms with E-state index in [0.717, 1.165) is 25.7 Å². The number of amides is 1. The second-order valence-electron chi connectivity index (χ2n) is 9.95. The van der Waals surface area contributed by atoms with Crippen LogP contribution < -0.4 is 21.5 Å². The van der Waals surface area contributed by atoms with Crippen LogP contribution in [0.15, 0.2) is 35.4 Å². The van der Waals surface area contributed by atoms with Gasteiger partial charge in [0, 0.05) is 38.6 Å². The molecule has 2 saturated carbocycles. The van der Waals surface area contributed by atoms with Crippen LogP contribution in [0.3, 0.4) is 0 Å². The molecule has 5 rings (SSSR count). The molecule has 204 valence electrons. The highest BCUT2D eigenvalue weighted by Gasteiger charge is 2.31. The minimum absolute atomic E-state index is 0.0277. The van der Waals surface area contributed by atoms with Crippen molar-refractivity contribution in [2.75, 3.05) is 30.9 Å². The summed E-state index contributed by atoms with van der Waals surface area (Å²) < 4.78 is 8.95. The van der Waals surface area contributed by atoms with E-state index < -0.39 is 6.10 Å². The van der Waals surface area contributed by atoms with E-state index in [1.165, 1.54) is 6.20 Å². The normalized spacial score (nSPS) is 23.1. The summed E-state index contributed by atoms with van der Waals surface area (Å²) >= 11 is 0. The Morgan fingerprint density at radius 2 is 2.13 bits per heavy atom. The minimum atomic E-state index is -0.521. The molecule has 3 aromatic rings. The Morgan fingerprint density at radius 3 is 2.87 bits per heavy atom. The molecule has 2 fully saturated rings. The van der Waals surface area contributed by atoms with Crippen molar-refractivity contribution in [2.45, 2.75) is 69.2 Å². The van der Waals surface area contributed by atoms with E-state index in [1.54, 1.807) is 40.5 Å². The van der Waals surface area contributed by atoms with Gasteiger partial charge in [0.25, 0.3) is 11.5 Å². The maximum absolute atomic E-state index is 13.3. The highest BCUT2D eigenvalue weighted by molar-refractivity contribution is 6.00. The second-order valence-corrected chi connectivity index (χ2v) is 9.95. The maximum Gasteiger partial charge on any atom is 0.274 e. The molecule has 5 N–H and O–H groups in total. The summed E-state index contributed by atoms with van der Waals surface area (Å²) in [6.07, 6.45) is 8.23. The van der Waals surface area contributed by atoms with Crippen molar-refractivity contribution >= 4 is 28.9 Å². The van der Waals surface area contributed by atoms with Crippen molar-refractivity contribution in [1.82, 2.24) is 24.5 Å². The van der Waals surface area contributed by atoms with Crippen LogP contribution in [0.25, 0.3) is 5.65 Å². The molecule has 0 spiro atoms. The molecule has 3 aromatic heterocycles. The lowest BCUT2D eigenvalue weighted by atomic mass is 9.89. The quantitative estimate of drug-likeness (QED) is 0.249. The molecule has 0 radical (unpaired) electrons. The molecule has 0 bridgehead atoms. The summed E-state index contributed by atoms with van der Waals surface area (Å²) in [6, 6.07) is 4.89. The smallest absolute Gasteiger partial charge is 0.274 e. The lowest BCUT2D eigenvalue weighted by Gasteiger charge is -2.34. The van der Waals surface area contributed by atoms with Gasteiger partial charge in [-0.2, -0.15) is 9.61 Å². The summed E-state index contributed by atoms with van der Waals surface area (Å²) in [6.45, 7) is 0.611. The summed E-state index contributed by atoms with van der Waals surface area (Å²) in [5.74, 6) is 0.710. The van der Waals surface area contributed by atoms with Crippen molar-refractivity contribution in [3.05, 3.63) is 46.5 Å². The zero-order valence-corrected chi connectivity index (χ0v) is 21.5. The molecule has 12 nitrogen and oxygen atoms in total. The van der Waals surface area contributed by atoms with E-state index in [1.807, 2.05) is 0 Å². The van der Waals surface area contributed by atoms with Gasteiger partial charge in [0.1, 0.15) is 22.9 Å². The molecule has 38 heavy (non-hydrogen) atoms. The van der Waals surface area contributed by atoms with Gasteiger partial charge in [-0.3, -0.25) is 9.59 Å². The monoisotopic (exact) mass is 525 g/mol. The number of rotatable bonds is 10. The van der Waals surface area contributed by atoms with E-state index in [9.17, 15) is 14.7 Å². The average molecular weight is 526 g/mol. The molecule has 0 saturated heterocycles. The first-order chi connectivity index (χ1) is 18.5. The molecular weight excluding hydrogens is 490 g/mol. The topological polar surface area (TPSA) is 155 Å². The number of nitrogens with one attached hydrogen (secondary N) is 3. The van der Waals surface area contributed by atoms with Gasteiger partial charge in [0.15, 0.2) is 5.65 Å². The Hall–Kier alpha value is -3.48. The predicted octanol–water partition coefficient (Wildman–Crippen LogP) is 1.81. The third-order valence-corrected chi connectivity index (χ3v) is 7.39. The standard InChI is InChI=1S/C26H35N7O5/c1-27-23-14-22(30-19-7-3-10-32(26(19)37)20-8-9-21(20)35)31-24-18(15-28-33(23)24)25(36)29-16-5-2-6-17(13-16)38-12-4-11-34/h3,7,10,14-17,20-21,27,34-35H,2,4-6,8-9,11-13H2,1H3,(H,29,36)(H,30,31)/t16-,17-,20+,21-/m1/s1. The number of hydrogen-bond acceptors (Lipinski definition) is 9. The van der Waals surface area contributed by atoms with E-state index in [0.29, 0.717) is 54.4 Å². The number of aromatic nitrogens is 4. The van der Waals surface area contributed by atoms with Crippen molar-refractivity contribution in [3.8, 4) is 0 Å². The van der Waals surface area contributed by atoms with Gasteiger partial charge in [-0.25, -0.2) is 4.98 Å². The van der Waals surface area contributed by atoms with Gasteiger partial charge in [0.05, 0.1) is 24.4 Å². The number of nitrogens with zero attached hydrogens (tertiary/aromatic N) is 4. The zero-order valence-electron chi connectivity index (χ0n) is 21.5. The van der Waals surface area contributed by atoms with Crippen molar-refractivity contribution < 1.29 is 19.7 Å². The molecule has 0 unspecified atom stereocenters. The number of pyridine rings is 1. The van der Waals surface area contributed by atoms with Crippen LogP contribution in [0.4, 0.5) is 17.3 Å². The van der Waals surface area contributed by atoms with E-state index in [-0.39, 0.29) is 36.3 Å². The third-order valence-electron chi connectivity index (χ3n) is 7.39. The lowest BCUT2D eigenvalue weighted by molar-refractivity contribution is 0.0135. The Morgan fingerprint density at radius 1 is 1.26 bits per heavy atom. The van der Waals surface area contributed by atoms with Crippen molar-refractivity contribution in [1.29, 1.82) is 0 Å². The van der Waals surface area contributed by atoms with Crippen molar-refractivity contribution in [3.63, 3.8) is 0 Å². The largest absolute Gasteiger partial charge is 0.396 e. The molecule has 0 aromatic carbocycles. The third kappa shape index (κ3) is 5.38. The van der Waals surface area contributed by atoms with Gasteiger partial charge in [-0.05, 0) is 57.1 Å². The number of fused-ring (bicyclic) bond motifs is 1. The van der Waals surface area contributed by atoms with Gasteiger partial charge in [0.2, 0.25) is 0 Å². The number of carbonyl (C=O) groups is 1. The molecule has 4 atom stereocenters. The predicted molar refractivity (Wildman–Crippen MR) is 142 cm³/mol. The summed E-state index contributed by atoms with van der Waals surface area (Å²) in [5, 5.41) is 32.6. The first kappa shape index (κ1) is 26.1. The number of hydrogen-bond donors (Lipinski definition) is 5. The second kappa shape index (κ2) is 11.5.